The van der Waals surface area contributed by atoms with Crippen molar-refractivity contribution in [2.45, 2.75) is 30.7 Å². The van der Waals surface area contributed by atoms with E-state index in [1.807, 2.05) is 0 Å². The molecule has 160 valence electrons. The van der Waals surface area contributed by atoms with Crippen LogP contribution >= 0.6 is 0 Å². The predicted octanol–water partition coefficient (Wildman–Crippen LogP) is 0.541. The van der Waals surface area contributed by atoms with Crippen molar-refractivity contribution in [1.29, 1.82) is 0 Å². The smallest absolute Gasteiger partial charge is 0.331 e. The molecule has 0 bridgehead atoms. The molecule has 30 heavy (non-hydrogen) atoms. The van der Waals surface area contributed by atoms with Gasteiger partial charge in [0, 0.05) is 6.08 Å². The van der Waals surface area contributed by atoms with Crippen molar-refractivity contribution in [3.63, 3.8) is 0 Å². The van der Waals surface area contributed by atoms with Crippen LogP contribution in [0.5, 0.6) is 17.2 Å². The lowest BCUT2D eigenvalue weighted by atomic mass is 9.99. The molecular formula is C21H22O9. The Balaban J connectivity index is 1.74. The van der Waals surface area contributed by atoms with Crippen molar-refractivity contribution in [1.82, 2.24) is 0 Å². The molecule has 0 radical (unpaired) electrons. The molecule has 0 amide bonds. The lowest BCUT2D eigenvalue weighted by molar-refractivity contribution is -0.281. The van der Waals surface area contributed by atoms with Gasteiger partial charge in [0.1, 0.15) is 35.6 Å². The van der Waals surface area contributed by atoms with E-state index < -0.39 is 43.3 Å². The molecule has 2 aromatic carbocycles. The average molecular weight is 418 g/mol. The van der Waals surface area contributed by atoms with Gasteiger partial charge >= 0.3 is 5.97 Å². The van der Waals surface area contributed by atoms with E-state index in [0.29, 0.717) is 5.56 Å². The Labute approximate surface area is 172 Å². The molecule has 2 aromatic rings. The van der Waals surface area contributed by atoms with Gasteiger partial charge in [-0.1, -0.05) is 12.1 Å². The molecule has 5 atom stereocenters. The van der Waals surface area contributed by atoms with Crippen molar-refractivity contribution in [3.05, 3.63) is 60.2 Å². The van der Waals surface area contributed by atoms with Crippen molar-refractivity contribution in [2.75, 3.05) is 6.61 Å². The molecule has 3 rings (SSSR count). The SMILES string of the molecule is O=C(/C=C\c1ccc(O)cc1)O[C@H]1[C@H](Oc2ccc(O)cc2)O[C@H](CO)[C@@H](O)[C@@H]1O. The fourth-order valence-electron chi connectivity index (χ4n) is 2.86. The molecule has 1 fully saturated rings. The number of ether oxygens (including phenoxy) is 3. The molecular weight excluding hydrogens is 396 g/mol. The maximum atomic E-state index is 12.3. The third-order valence-electron chi connectivity index (χ3n) is 4.47. The molecule has 1 saturated heterocycles. The van der Waals surface area contributed by atoms with E-state index in [0.717, 1.165) is 6.08 Å². The second kappa shape index (κ2) is 9.59. The van der Waals surface area contributed by atoms with Crippen molar-refractivity contribution >= 4 is 12.0 Å². The van der Waals surface area contributed by atoms with Crippen LogP contribution in [0.4, 0.5) is 0 Å². The minimum atomic E-state index is -1.58. The molecule has 0 aromatic heterocycles. The number of aliphatic hydroxyl groups is 3. The maximum Gasteiger partial charge on any atom is 0.331 e. The fourth-order valence-corrected chi connectivity index (χ4v) is 2.86. The second-order valence-corrected chi connectivity index (χ2v) is 6.64. The van der Waals surface area contributed by atoms with E-state index >= 15 is 0 Å². The molecule has 1 aliphatic heterocycles. The van der Waals surface area contributed by atoms with Gasteiger partial charge in [-0.05, 0) is 48.0 Å². The molecule has 0 spiro atoms. The summed E-state index contributed by atoms with van der Waals surface area (Å²) in [5, 5.41) is 48.6. The van der Waals surface area contributed by atoms with E-state index in [1.165, 1.54) is 42.5 Å². The van der Waals surface area contributed by atoms with Crippen LogP contribution < -0.4 is 4.74 Å². The zero-order valence-electron chi connectivity index (χ0n) is 15.7. The van der Waals surface area contributed by atoms with E-state index in [1.54, 1.807) is 12.1 Å². The van der Waals surface area contributed by atoms with Gasteiger partial charge in [0.05, 0.1) is 6.61 Å². The number of rotatable bonds is 6. The minimum Gasteiger partial charge on any atom is -0.508 e. The minimum absolute atomic E-state index is 0.0120. The molecule has 5 N–H and O–H groups in total. The first-order valence-electron chi connectivity index (χ1n) is 9.13. The van der Waals surface area contributed by atoms with Gasteiger partial charge < -0.3 is 39.7 Å². The third kappa shape index (κ3) is 5.28. The number of phenolic OH excluding ortho intramolecular Hbond substituents is 2. The highest BCUT2D eigenvalue weighted by Crippen LogP contribution is 2.27. The van der Waals surface area contributed by atoms with E-state index in [2.05, 4.69) is 0 Å². The van der Waals surface area contributed by atoms with Crippen LogP contribution in [0.3, 0.4) is 0 Å². The zero-order valence-corrected chi connectivity index (χ0v) is 15.7. The highest BCUT2D eigenvalue weighted by Gasteiger charge is 2.47. The number of aromatic hydroxyl groups is 2. The Bertz CT molecular complexity index is 863. The molecule has 1 aliphatic rings. The number of esters is 1. The van der Waals surface area contributed by atoms with Crippen molar-refractivity contribution in [2.24, 2.45) is 0 Å². The van der Waals surface area contributed by atoms with Gasteiger partial charge in [0.2, 0.25) is 6.29 Å². The summed E-state index contributed by atoms with van der Waals surface area (Å²) in [6.45, 7) is -0.588. The van der Waals surface area contributed by atoms with Gasteiger partial charge in [-0.3, -0.25) is 0 Å². The number of carbonyl (C=O) groups excluding carboxylic acids is 1. The number of hydrogen-bond acceptors (Lipinski definition) is 9. The first-order valence-corrected chi connectivity index (χ1v) is 9.13. The summed E-state index contributed by atoms with van der Waals surface area (Å²) in [6, 6.07) is 11.7. The average Bonchev–Trinajstić information content (AvgIpc) is 2.74. The highest BCUT2D eigenvalue weighted by molar-refractivity contribution is 5.87. The van der Waals surface area contributed by atoms with Crippen LogP contribution in [0.1, 0.15) is 5.56 Å². The summed E-state index contributed by atoms with van der Waals surface area (Å²) in [7, 11) is 0. The Hall–Kier alpha value is -3.11. The molecule has 0 aliphatic carbocycles. The van der Waals surface area contributed by atoms with Crippen LogP contribution in [-0.2, 0) is 14.3 Å². The first kappa shape index (κ1) is 21.6. The van der Waals surface area contributed by atoms with Gasteiger partial charge in [0.25, 0.3) is 0 Å². The lowest BCUT2D eigenvalue weighted by Crippen LogP contribution is -2.61. The third-order valence-corrected chi connectivity index (χ3v) is 4.47. The van der Waals surface area contributed by atoms with Gasteiger partial charge in [-0.25, -0.2) is 4.79 Å². The van der Waals surface area contributed by atoms with E-state index in [9.17, 15) is 30.3 Å². The number of aliphatic hydroxyl groups excluding tert-OH is 3. The number of hydrogen-bond donors (Lipinski definition) is 5. The molecule has 9 nitrogen and oxygen atoms in total. The summed E-state index contributed by atoms with van der Waals surface area (Å²) in [6.07, 6.45) is -4.39. The number of carbonyl (C=O) groups is 1. The summed E-state index contributed by atoms with van der Waals surface area (Å²) >= 11 is 0. The van der Waals surface area contributed by atoms with E-state index in [-0.39, 0.29) is 17.2 Å². The Morgan fingerprint density at radius 3 is 2.17 bits per heavy atom. The highest BCUT2D eigenvalue weighted by atomic mass is 16.7. The quantitative estimate of drug-likeness (QED) is 0.335. The maximum absolute atomic E-state index is 12.3. The van der Waals surface area contributed by atoms with Crippen molar-refractivity contribution < 1.29 is 44.5 Å². The summed E-state index contributed by atoms with van der Waals surface area (Å²) in [5.74, 6) is -0.486. The largest absolute Gasteiger partial charge is 0.508 e. The van der Waals surface area contributed by atoms with Crippen LogP contribution in [0.2, 0.25) is 0 Å². The Kier molecular flexibility index (Phi) is 6.91. The first-order chi connectivity index (χ1) is 14.4. The molecule has 0 saturated carbocycles. The second-order valence-electron chi connectivity index (χ2n) is 6.64. The van der Waals surface area contributed by atoms with Gasteiger partial charge in [0.15, 0.2) is 6.10 Å². The zero-order chi connectivity index (χ0) is 21.7. The normalized spacial score (nSPS) is 26.4. The van der Waals surface area contributed by atoms with Crippen LogP contribution in [0, 0.1) is 0 Å². The Morgan fingerprint density at radius 2 is 1.57 bits per heavy atom. The topological polar surface area (TPSA) is 146 Å². The van der Waals surface area contributed by atoms with Gasteiger partial charge in [-0.2, -0.15) is 0 Å². The predicted molar refractivity (Wildman–Crippen MR) is 104 cm³/mol. The van der Waals surface area contributed by atoms with E-state index in [4.69, 9.17) is 14.2 Å². The molecule has 9 heteroatoms. The summed E-state index contributed by atoms with van der Waals surface area (Å²) < 4.78 is 16.3. The number of phenols is 2. The lowest BCUT2D eigenvalue weighted by Gasteiger charge is -2.41. The molecule has 1 heterocycles. The molecule has 0 unspecified atom stereocenters. The monoisotopic (exact) mass is 418 g/mol. The standard InChI is InChI=1S/C21H22O9/c22-11-16-18(26)19(27)20(21(29-16)28-15-8-6-14(24)7-9-15)30-17(25)10-3-12-1-4-13(23)5-2-12/h1-10,16,18-24,26-27H,11H2/b10-3-/t16-,18-,19+,20-,21-/m1/s1. The number of benzene rings is 2. The van der Waals surface area contributed by atoms with Crippen LogP contribution in [0.25, 0.3) is 6.08 Å². The van der Waals surface area contributed by atoms with Crippen molar-refractivity contribution in [3.8, 4) is 17.2 Å². The summed E-state index contributed by atoms with van der Waals surface area (Å²) in [5.41, 5.74) is 0.627. The van der Waals surface area contributed by atoms with Gasteiger partial charge in [-0.15, -0.1) is 0 Å². The Morgan fingerprint density at radius 1 is 0.967 bits per heavy atom. The van der Waals surface area contributed by atoms with Crippen LogP contribution in [-0.4, -0.2) is 68.8 Å². The van der Waals surface area contributed by atoms with Crippen LogP contribution in [0.15, 0.2) is 54.6 Å². The fraction of sp³-hybridized carbons (Fsp3) is 0.286. The summed E-state index contributed by atoms with van der Waals surface area (Å²) in [4.78, 5) is 12.3.